The molecule has 1 aromatic rings. The van der Waals surface area contributed by atoms with Crippen molar-refractivity contribution < 1.29 is 14.5 Å². The van der Waals surface area contributed by atoms with E-state index in [1.165, 1.54) is 13.2 Å². The van der Waals surface area contributed by atoms with Gasteiger partial charge < -0.3 is 10.1 Å². The van der Waals surface area contributed by atoms with Gasteiger partial charge in [0.15, 0.2) is 0 Å². The van der Waals surface area contributed by atoms with E-state index in [4.69, 9.17) is 0 Å². The van der Waals surface area contributed by atoms with Crippen LogP contribution < -0.4 is 5.32 Å². The predicted molar refractivity (Wildman–Crippen MR) is 76.8 cm³/mol. The SMILES string of the molecule is COC(=O)CCCCCNc1ccc([N+](=O)[O-])c(C)c1. The van der Waals surface area contributed by atoms with Crippen LogP contribution in [0.5, 0.6) is 0 Å². The zero-order chi connectivity index (χ0) is 15.0. The van der Waals surface area contributed by atoms with Gasteiger partial charge in [-0.05, 0) is 31.9 Å². The number of nitro groups is 1. The molecule has 0 saturated carbocycles. The summed E-state index contributed by atoms with van der Waals surface area (Å²) >= 11 is 0. The fourth-order valence-corrected chi connectivity index (χ4v) is 1.88. The van der Waals surface area contributed by atoms with Gasteiger partial charge in [-0.15, -0.1) is 0 Å². The molecule has 6 heteroatoms. The van der Waals surface area contributed by atoms with Gasteiger partial charge in [0, 0.05) is 30.3 Å². The molecule has 0 aliphatic heterocycles. The molecule has 0 heterocycles. The normalized spacial score (nSPS) is 10.1. The first kappa shape index (κ1) is 15.9. The molecule has 0 saturated heterocycles. The first-order valence-electron chi connectivity index (χ1n) is 6.60. The Labute approximate surface area is 118 Å². The van der Waals surface area contributed by atoms with E-state index in [2.05, 4.69) is 10.1 Å². The molecular formula is C14H20N2O4. The molecule has 0 aromatic heterocycles. The molecule has 6 nitrogen and oxygen atoms in total. The second-order valence-electron chi connectivity index (χ2n) is 4.57. The number of aryl methyl sites for hydroxylation is 1. The molecule has 0 unspecified atom stereocenters. The minimum Gasteiger partial charge on any atom is -0.469 e. The van der Waals surface area contributed by atoms with E-state index in [0.29, 0.717) is 12.0 Å². The molecule has 0 aliphatic rings. The van der Waals surface area contributed by atoms with Gasteiger partial charge in [0.05, 0.1) is 12.0 Å². The average molecular weight is 280 g/mol. The number of carbonyl (C=O) groups excluding carboxylic acids is 1. The van der Waals surface area contributed by atoms with Crippen LogP contribution in [0.25, 0.3) is 0 Å². The maximum absolute atomic E-state index is 10.9. The lowest BCUT2D eigenvalue weighted by Gasteiger charge is -2.07. The molecule has 1 rings (SSSR count). The van der Waals surface area contributed by atoms with Crippen molar-refractivity contribution in [3.63, 3.8) is 0 Å². The maximum Gasteiger partial charge on any atom is 0.305 e. The Kier molecular flexibility index (Phi) is 6.49. The van der Waals surface area contributed by atoms with E-state index in [9.17, 15) is 14.9 Å². The number of esters is 1. The topological polar surface area (TPSA) is 81.5 Å². The number of anilines is 1. The number of methoxy groups -OCH3 is 1. The Balaban J connectivity index is 2.27. The van der Waals surface area contributed by atoms with Crippen molar-refractivity contribution in [2.45, 2.75) is 32.6 Å². The minimum absolute atomic E-state index is 0.133. The molecule has 0 radical (unpaired) electrons. The summed E-state index contributed by atoms with van der Waals surface area (Å²) in [5, 5.41) is 13.9. The predicted octanol–water partition coefficient (Wildman–Crippen LogP) is 3.05. The van der Waals surface area contributed by atoms with Gasteiger partial charge in [-0.1, -0.05) is 6.42 Å². The number of unbranched alkanes of at least 4 members (excludes halogenated alkanes) is 2. The molecule has 1 N–H and O–H groups in total. The standard InChI is InChI=1S/C14H20N2O4/c1-11-10-12(7-8-13(11)16(18)19)15-9-5-3-4-6-14(17)20-2/h7-8,10,15H,3-6,9H2,1-2H3. The van der Waals surface area contributed by atoms with Crippen molar-refractivity contribution in [3.05, 3.63) is 33.9 Å². The van der Waals surface area contributed by atoms with Gasteiger partial charge in [-0.3, -0.25) is 14.9 Å². The zero-order valence-electron chi connectivity index (χ0n) is 11.8. The second-order valence-corrected chi connectivity index (χ2v) is 4.57. The summed E-state index contributed by atoms with van der Waals surface area (Å²) in [6, 6.07) is 4.99. The third-order valence-electron chi connectivity index (χ3n) is 3.01. The van der Waals surface area contributed by atoms with Crippen molar-refractivity contribution in [1.82, 2.24) is 0 Å². The fraction of sp³-hybridized carbons (Fsp3) is 0.500. The van der Waals surface area contributed by atoms with Gasteiger partial charge in [0.2, 0.25) is 0 Å². The molecule has 0 amide bonds. The van der Waals surface area contributed by atoms with Crippen LogP contribution in [0.3, 0.4) is 0 Å². The number of carbonyl (C=O) groups is 1. The zero-order valence-corrected chi connectivity index (χ0v) is 11.8. The summed E-state index contributed by atoms with van der Waals surface area (Å²) in [4.78, 5) is 21.2. The Morgan fingerprint density at radius 3 is 2.70 bits per heavy atom. The van der Waals surface area contributed by atoms with Crippen molar-refractivity contribution in [3.8, 4) is 0 Å². The van der Waals surface area contributed by atoms with E-state index < -0.39 is 0 Å². The molecular weight excluding hydrogens is 260 g/mol. The van der Waals surface area contributed by atoms with Crippen LogP contribution in [0.2, 0.25) is 0 Å². The van der Waals surface area contributed by atoms with Gasteiger partial charge in [-0.25, -0.2) is 0 Å². The van der Waals surface area contributed by atoms with Crippen LogP contribution in [0.4, 0.5) is 11.4 Å². The number of hydrogen-bond donors (Lipinski definition) is 1. The van der Waals surface area contributed by atoms with E-state index in [0.717, 1.165) is 31.5 Å². The summed E-state index contributed by atoms with van der Waals surface area (Å²) < 4.78 is 4.56. The highest BCUT2D eigenvalue weighted by Gasteiger charge is 2.09. The molecule has 0 atom stereocenters. The lowest BCUT2D eigenvalue weighted by Crippen LogP contribution is -2.03. The Hall–Kier alpha value is -2.11. The number of benzene rings is 1. The Morgan fingerprint density at radius 1 is 1.35 bits per heavy atom. The van der Waals surface area contributed by atoms with Crippen molar-refractivity contribution in [1.29, 1.82) is 0 Å². The number of ether oxygens (including phenoxy) is 1. The number of nitro benzene ring substituents is 1. The highest BCUT2D eigenvalue weighted by molar-refractivity contribution is 5.68. The van der Waals surface area contributed by atoms with E-state index in [1.54, 1.807) is 19.1 Å². The molecule has 20 heavy (non-hydrogen) atoms. The first-order valence-corrected chi connectivity index (χ1v) is 6.60. The summed E-state index contributed by atoms with van der Waals surface area (Å²) in [6.07, 6.45) is 3.14. The van der Waals surface area contributed by atoms with Gasteiger partial charge in [-0.2, -0.15) is 0 Å². The molecule has 0 spiro atoms. The fourth-order valence-electron chi connectivity index (χ4n) is 1.88. The molecule has 0 fully saturated rings. The number of nitrogens with one attached hydrogen (secondary N) is 1. The van der Waals surface area contributed by atoms with Crippen molar-refractivity contribution in [2.75, 3.05) is 19.0 Å². The lowest BCUT2D eigenvalue weighted by molar-refractivity contribution is -0.385. The third kappa shape index (κ3) is 5.26. The van der Waals surface area contributed by atoms with E-state index in [-0.39, 0.29) is 16.6 Å². The van der Waals surface area contributed by atoms with Crippen molar-refractivity contribution >= 4 is 17.3 Å². The van der Waals surface area contributed by atoms with E-state index >= 15 is 0 Å². The number of nitrogens with zero attached hydrogens (tertiary/aromatic N) is 1. The van der Waals surface area contributed by atoms with E-state index in [1.807, 2.05) is 0 Å². The summed E-state index contributed by atoms with van der Waals surface area (Å²) in [5.41, 5.74) is 1.65. The summed E-state index contributed by atoms with van der Waals surface area (Å²) in [7, 11) is 1.39. The monoisotopic (exact) mass is 280 g/mol. The summed E-state index contributed by atoms with van der Waals surface area (Å²) in [5.74, 6) is -0.177. The minimum atomic E-state index is -0.383. The molecule has 0 aliphatic carbocycles. The summed E-state index contributed by atoms with van der Waals surface area (Å²) in [6.45, 7) is 2.50. The highest BCUT2D eigenvalue weighted by atomic mass is 16.6. The third-order valence-corrected chi connectivity index (χ3v) is 3.01. The van der Waals surface area contributed by atoms with Gasteiger partial charge in [0.1, 0.15) is 0 Å². The highest BCUT2D eigenvalue weighted by Crippen LogP contribution is 2.21. The lowest BCUT2D eigenvalue weighted by atomic mass is 10.1. The average Bonchev–Trinajstić information content (AvgIpc) is 2.42. The van der Waals surface area contributed by atoms with Crippen LogP contribution in [0.1, 0.15) is 31.2 Å². The van der Waals surface area contributed by atoms with Crippen LogP contribution in [0, 0.1) is 17.0 Å². The van der Waals surface area contributed by atoms with Gasteiger partial charge >= 0.3 is 5.97 Å². The molecule has 110 valence electrons. The quantitative estimate of drug-likeness (QED) is 0.342. The number of hydrogen-bond acceptors (Lipinski definition) is 5. The second kappa shape index (κ2) is 8.14. The Bertz CT molecular complexity index is 474. The van der Waals surface area contributed by atoms with Crippen LogP contribution in [-0.4, -0.2) is 24.5 Å². The largest absolute Gasteiger partial charge is 0.469 e. The number of rotatable bonds is 8. The van der Waals surface area contributed by atoms with Crippen LogP contribution >= 0.6 is 0 Å². The van der Waals surface area contributed by atoms with Gasteiger partial charge in [0.25, 0.3) is 5.69 Å². The van der Waals surface area contributed by atoms with Crippen molar-refractivity contribution in [2.24, 2.45) is 0 Å². The van der Waals surface area contributed by atoms with Crippen LogP contribution in [0.15, 0.2) is 18.2 Å². The van der Waals surface area contributed by atoms with Crippen LogP contribution in [-0.2, 0) is 9.53 Å². The Morgan fingerprint density at radius 2 is 2.10 bits per heavy atom. The smallest absolute Gasteiger partial charge is 0.305 e. The maximum atomic E-state index is 10.9. The molecule has 1 aromatic carbocycles. The molecule has 0 bridgehead atoms. The first-order chi connectivity index (χ1) is 9.54.